The maximum absolute atomic E-state index is 5.24. The van der Waals surface area contributed by atoms with Gasteiger partial charge in [0.1, 0.15) is 0 Å². The third kappa shape index (κ3) is 1.97. The van der Waals surface area contributed by atoms with Crippen LogP contribution in [0.2, 0.25) is 0 Å². The Labute approximate surface area is 88.1 Å². The van der Waals surface area contributed by atoms with Crippen molar-refractivity contribution in [1.29, 1.82) is 0 Å². The van der Waals surface area contributed by atoms with Crippen LogP contribution in [0.1, 0.15) is 12.5 Å². The third-order valence-electron chi connectivity index (χ3n) is 2.21. The van der Waals surface area contributed by atoms with Gasteiger partial charge in [0.05, 0.1) is 11.8 Å². The average molecular weight is 203 g/mol. The van der Waals surface area contributed by atoms with Crippen LogP contribution in [0.15, 0.2) is 40.4 Å². The number of hydrogen-bond donors (Lipinski definition) is 3. The largest absolute Gasteiger partial charge is 0.293 e. The lowest BCUT2D eigenvalue weighted by molar-refractivity contribution is 0.809. The predicted molar refractivity (Wildman–Crippen MR) is 60.3 cm³/mol. The SMILES string of the molecule is CC1N=C(NN)NN=C1c1ccccc1. The van der Waals surface area contributed by atoms with Crippen LogP contribution in [0.4, 0.5) is 0 Å². The van der Waals surface area contributed by atoms with Gasteiger partial charge in [0, 0.05) is 0 Å². The molecule has 5 heteroatoms. The Morgan fingerprint density at radius 2 is 2.07 bits per heavy atom. The minimum atomic E-state index is -0.000278. The minimum absolute atomic E-state index is 0.000278. The van der Waals surface area contributed by atoms with E-state index in [1.54, 1.807) is 0 Å². The van der Waals surface area contributed by atoms with Crippen LogP contribution in [0.25, 0.3) is 0 Å². The molecule has 0 fully saturated rings. The molecule has 0 radical (unpaired) electrons. The maximum atomic E-state index is 5.24. The van der Waals surface area contributed by atoms with E-state index >= 15 is 0 Å². The number of guanidine groups is 1. The fourth-order valence-corrected chi connectivity index (χ4v) is 1.47. The van der Waals surface area contributed by atoms with Crippen LogP contribution < -0.4 is 16.7 Å². The molecule has 1 heterocycles. The van der Waals surface area contributed by atoms with Gasteiger partial charge in [-0.25, -0.2) is 16.3 Å². The normalized spacial score (nSPS) is 20.0. The number of hydrogen-bond acceptors (Lipinski definition) is 5. The van der Waals surface area contributed by atoms with Crippen molar-refractivity contribution in [3.63, 3.8) is 0 Å². The summed E-state index contributed by atoms with van der Waals surface area (Å²) in [5.74, 6) is 5.73. The fourth-order valence-electron chi connectivity index (χ4n) is 1.47. The number of aliphatic imine (C=N–C) groups is 1. The topological polar surface area (TPSA) is 74.8 Å². The van der Waals surface area contributed by atoms with Gasteiger partial charge in [0.15, 0.2) is 0 Å². The van der Waals surface area contributed by atoms with E-state index in [9.17, 15) is 0 Å². The molecule has 2 rings (SSSR count). The number of nitrogens with zero attached hydrogens (tertiary/aromatic N) is 2. The highest BCUT2D eigenvalue weighted by molar-refractivity contribution is 6.06. The van der Waals surface area contributed by atoms with Gasteiger partial charge in [-0.15, -0.1) is 0 Å². The molecule has 78 valence electrons. The number of rotatable bonds is 1. The predicted octanol–water partition coefficient (Wildman–Crippen LogP) is 0.202. The van der Waals surface area contributed by atoms with Gasteiger partial charge in [0.25, 0.3) is 0 Å². The van der Waals surface area contributed by atoms with Gasteiger partial charge in [-0.05, 0) is 12.5 Å². The van der Waals surface area contributed by atoms with Gasteiger partial charge in [-0.2, -0.15) is 5.10 Å². The first-order valence-corrected chi connectivity index (χ1v) is 4.74. The van der Waals surface area contributed by atoms with Gasteiger partial charge >= 0.3 is 0 Å². The number of hydrazone groups is 1. The zero-order valence-corrected chi connectivity index (χ0v) is 8.44. The summed E-state index contributed by atoms with van der Waals surface area (Å²) in [4.78, 5) is 4.30. The van der Waals surface area contributed by atoms with Gasteiger partial charge in [0.2, 0.25) is 5.96 Å². The number of nitrogens with one attached hydrogen (secondary N) is 2. The summed E-state index contributed by atoms with van der Waals surface area (Å²) in [6.07, 6.45) is 0. The molecule has 0 saturated carbocycles. The Kier molecular flexibility index (Phi) is 2.64. The molecule has 1 atom stereocenters. The Morgan fingerprint density at radius 3 is 2.67 bits per heavy atom. The third-order valence-corrected chi connectivity index (χ3v) is 2.21. The molecule has 1 unspecified atom stereocenters. The van der Waals surface area contributed by atoms with Gasteiger partial charge in [-0.1, -0.05) is 30.3 Å². The molecule has 0 amide bonds. The molecule has 0 aromatic heterocycles. The molecule has 1 aliphatic heterocycles. The molecule has 15 heavy (non-hydrogen) atoms. The van der Waals surface area contributed by atoms with Crippen LogP contribution >= 0.6 is 0 Å². The van der Waals surface area contributed by atoms with Gasteiger partial charge < -0.3 is 0 Å². The van der Waals surface area contributed by atoms with Crippen molar-refractivity contribution < 1.29 is 0 Å². The molecule has 1 aliphatic rings. The van der Waals surface area contributed by atoms with Crippen LogP contribution in [0.5, 0.6) is 0 Å². The molecule has 5 nitrogen and oxygen atoms in total. The van der Waals surface area contributed by atoms with Crippen molar-refractivity contribution in [2.75, 3.05) is 0 Å². The van der Waals surface area contributed by atoms with E-state index in [-0.39, 0.29) is 6.04 Å². The zero-order chi connectivity index (χ0) is 10.7. The molecule has 1 aromatic carbocycles. The first-order valence-electron chi connectivity index (χ1n) is 4.74. The molecular weight excluding hydrogens is 190 g/mol. The average Bonchev–Trinajstić information content (AvgIpc) is 2.30. The maximum Gasteiger partial charge on any atom is 0.227 e. The lowest BCUT2D eigenvalue weighted by Crippen LogP contribution is -2.44. The summed E-state index contributed by atoms with van der Waals surface area (Å²) >= 11 is 0. The monoisotopic (exact) mass is 203 g/mol. The van der Waals surface area contributed by atoms with Crippen molar-refractivity contribution in [2.45, 2.75) is 13.0 Å². The molecule has 0 bridgehead atoms. The first kappa shape index (κ1) is 9.67. The smallest absolute Gasteiger partial charge is 0.227 e. The highest BCUT2D eigenvalue weighted by Crippen LogP contribution is 2.09. The Morgan fingerprint density at radius 1 is 1.33 bits per heavy atom. The van der Waals surface area contributed by atoms with E-state index < -0.39 is 0 Å². The van der Waals surface area contributed by atoms with Crippen LogP contribution in [0.3, 0.4) is 0 Å². The summed E-state index contributed by atoms with van der Waals surface area (Å²) in [5.41, 5.74) is 7.17. The molecule has 4 N–H and O–H groups in total. The highest BCUT2D eigenvalue weighted by atomic mass is 15.5. The summed E-state index contributed by atoms with van der Waals surface area (Å²) in [5, 5.41) is 4.23. The van der Waals surface area contributed by atoms with Crippen molar-refractivity contribution >= 4 is 11.7 Å². The second-order valence-corrected chi connectivity index (χ2v) is 3.27. The molecule has 0 saturated heterocycles. The Bertz CT molecular complexity index is 396. The second-order valence-electron chi connectivity index (χ2n) is 3.27. The van der Waals surface area contributed by atoms with E-state index in [1.807, 2.05) is 37.3 Å². The molecule has 1 aromatic rings. The number of nitrogens with two attached hydrogens (primary N) is 1. The minimum Gasteiger partial charge on any atom is -0.293 e. The van der Waals surface area contributed by atoms with Crippen LogP contribution in [-0.2, 0) is 0 Å². The van der Waals surface area contributed by atoms with Gasteiger partial charge in [-0.3, -0.25) is 5.43 Å². The zero-order valence-electron chi connectivity index (χ0n) is 8.44. The molecule has 0 spiro atoms. The lowest BCUT2D eigenvalue weighted by atomic mass is 10.0. The van der Waals surface area contributed by atoms with Crippen molar-refractivity contribution in [2.24, 2.45) is 15.9 Å². The molecule has 0 aliphatic carbocycles. The second kappa shape index (κ2) is 4.10. The summed E-state index contributed by atoms with van der Waals surface area (Å²) < 4.78 is 0. The summed E-state index contributed by atoms with van der Waals surface area (Å²) in [6.45, 7) is 1.98. The summed E-state index contributed by atoms with van der Waals surface area (Å²) in [7, 11) is 0. The van der Waals surface area contributed by atoms with Crippen molar-refractivity contribution in [3.05, 3.63) is 35.9 Å². The summed E-state index contributed by atoms with van der Waals surface area (Å²) in [6, 6.07) is 9.94. The van der Waals surface area contributed by atoms with E-state index in [0.29, 0.717) is 5.96 Å². The van der Waals surface area contributed by atoms with E-state index in [0.717, 1.165) is 11.3 Å². The number of benzene rings is 1. The van der Waals surface area contributed by atoms with E-state index in [4.69, 9.17) is 5.84 Å². The standard InChI is InChI=1S/C10H13N5/c1-7-9(8-5-3-2-4-6-8)14-15-10(12-7)13-11/h2-7H,11H2,1H3,(H2,12,13,15). The quantitative estimate of drug-likeness (QED) is 0.451. The molecular formula is C10H13N5. The Balaban J connectivity index is 2.24. The number of hydrazine groups is 1. The fraction of sp³-hybridized carbons (Fsp3) is 0.200. The van der Waals surface area contributed by atoms with Crippen molar-refractivity contribution in [3.8, 4) is 0 Å². The first-order chi connectivity index (χ1) is 7.31. The van der Waals surface area contributed by atoms with Crippen LogP contribution in [0, 0.1) is 0 Å². The van der Waals surface area contributed by atoms with Crippen LogP contribution in [-0.4, -0.2) is 17.7 Å². The lowest BCUT2D eigenvalue weighted by Gasteiger charge is -2.18. The highest BCUT2D eigenvalue weighted by Gasteiger charge is 2.16. The van der Waals surface area contributed by atoms with E-state index in [1.165, 1.54) is 0 Å². The van der Waals surface area contributed by atoms with Crippen molar-refractivity contribution in [1.82, 2.24) is 10.9 Å². The Hall–Kier alpha value is -1.88. The van der Waals surface area contributed by atoms with E-state index in [2.05, 4.69) is 20.9 Å².